The lowest BCUT2D eigenvalue weighted by atomic mass is 10.1. The van der Waals surface area contributed by atoms with Crippen molar-refractivity contribution in [1.29, 1.82) is 0 Å². The molecule has 0 amide bonds. The highest BCUT2D eigenvalue weighted by molar-refractivity contribution is 5.80. The summed E-state index contributed by atoms with van der Waals surface area (Å²) in [6, 6.07) is 9.12. The Labute approximate surface area is 167 Å². The number of fused-ring (bicyclic) bond motifs is 1. The van der Waals surface area contributed by atoms with E-state index in [1.807, 2.05) is 31.2 Å². The maximum Gasteiger partial charge on any atom is 0.193 e. The Balaban J connectivity index is 1.36. The molecule has 0 saturated carbocycles. The van der Waals surface area contributed by atoms with Crippen LogP contribution in [0, 0.1) is 0 Å². The van der Waals surface area contributed by atoms with Crippen molar-refractivity contribution in [2.75, 3.05) is 44.7 Å². The minimum absolute atomic E-state index is 0.0314. The van der Waals surface area contributed by atoms with Crippen molar-refractivity contribution in [1.82, 2.24) is 20.0 Å². The number of nitrogens with zero attached hydrogens (tertiary/aromatic N) is 5. The van der Waals surface area contributed by atoms with E-state index in [9.17, 15) is 0 Å². The standard InChI is InChI=1S/C21H30N6O/c1-16(27-9-8-17-6-4-5-7-19(17)27)12-23-21(22-2)26-10-11-28-20(15-26)18-13-24-25(3)14-18/h4-7,13-14,16,20H,8-12,15H2,1-3H3,(H,22,23). The Morgan fingerprint density at radius 1 is 1.36 bits per heavy atom. The Kier molecular flexibility index (Phi) is 5.52. The average molecular weight is 383 g/mol. The van der Waals surface area contributed by atoms with Gasteiger partial charge in [0, 0.05) is 57.2 Å². The molecule has 0 bridgehead atoms. The summed E-state index contributed by atoms with van der Waals surface area (Å²) in [5.41, 5.74) is 3.94. The maximum absolute atomic E-state index is 5.96. The van der Waals surface area contributed by atoms with Crippen molar-refractivity contribution < 1.29 is 4.74 Å². The highest BCUT2D eigenvalue weighted by Crippen LogP contribution is 2.29. The molecule has 1 aromatic carbocycles. The summed E-state index contributed by atoms with van der Waals surface area (Å²) in [7, 11) is 3.79. The van der Waals surface area contributed by atoms with E-state index in [4.69, 9.17) is 4.74 Å². The third-order valence-electron chi connectivity index (χ3n) is 5.69. The third-order valence-corrected chi connectivity index (χ3v) is 5.69. The first-order valence-corrected chi connectivity index (χ1v) is 10.1. The summed E-state index contributed by atoms with van der Waals surface area (Å²) in [6.07, 6.45) is 5.07. The molecular weight excluding hydrogens is 352 g/mol. The molecule has 1 N–H and O–H groups in total. The number of aliphatic imine (C=N–C) groups is 1. The Morgan fingerprint density at radius 3 is 3.00 bits per heavy atom. The number of ether oxygens (including phenoxy) is 1. The fourth-order valence-corrected chi connectivity index (χ4v) is 4.15. The van der Waals surface area contributed by atoms with Crippen molar-refractivity contribution in [3.63, 3.8) is 0 Å². The molecule has 7 nitrogen and oxygen atoms in total. The van der Waals surface area contributed by atoms with Gasteiger partial charge in [-0.05, 0) is 25.0 Å². The highest BCUT2D eigenvalue weighted by Gasteiger charge is 2.27. The number of hydrogen-bond acceptors (Lipinski definition) is 4. The molecular formula is C21H30N6O. The molecule has 150 valence electrons. The molecule has 0 aliphatic carbocycles. The first-order chi connectivity index (χ1) is 13.7. The molecule has 28 heavy (non-hydrogen) atoms. The van der Waals surface area contributed by atoms with Gasteiger partial charge >= 0.3 is 0 Å². The third kappa shape index (κ3) is 3.85. The van der Waals surface area contributed by atoms with Crippen LogP contribution in [0.5, 0.6) is 0 Å². The predicted molar refractivity (Wildman–Crippen MR) is 112 cm³/mol. The smallest absolute Gasteiger partial charge is 0.193 e. The zero-order chi connectivity index (χ0) is 19.5. The van der Waals surface area contributed by atoms with Crippen molar-refractivity contribution in [2.45, 2.75) is 25.5 Å². The van der Waals surface area contributed by atoms with E-state index < -0.39 is 0 Å². The number of anilines is 1. The second-order valence-electron chi connectivity index (χ2n) is 7.60. The number of benzene rings is 1. The van der Waals surface area contributed by atoms with Crippen LogP contribution in [0.1, 0.15) is 24.2 Å². The Bertz CT molecular complexity index is 832. The summed E-state index contributed by atoms with van der Waals surface area (Å²) in [5.74, 6) is 0.941. The number of para-hydroxylation sites is 1. The summed E-state index contributed by atoms with van der Waals surface area (Å²) in [6.45, 7) is 6.54. The average Bonchev–Trinajstić information content (AvgIpc) is 3.35. The SMILES string of the molecule is CN=C(NCC(C)N1CCc2ccccc21)N1CCOC(c2cnn(C)c2)C1. The predicted octanol–water partition coefficient (Wildman–Crippen LogP) is 1.82. The lowest BCUT2D eigenvalue weighted by Gasteiger charge is -2.36. The van der Waals surface area contributed by atoms with Gasteiger partial charge in [0.15, 0.2) is 5.96 Å². The molecule has 7 heteroatoms. The molecule has 1 fully saturated rings. The highest BCUT2D eigenvalue weighted by atomic mass is 16.5. The van der Waals surface area contributed by atoms with Gasteiger partial charge in [-0.2, -0.15) is 5.10 Å². The lowest BCUT2D eigenvalue weighted by Crippen LogP contribution is -2.51. The largest absolute Gasteiger partial charge is 0.370 e. The van der Waals surface area contributed by atoms with Crippen LogP contribution in [-0.2, 0) is 18.2 Å². The van der Waals surface area contributed by atoms with Gasteiger partial charge in [-0.25, -0.2) is 0 Å². The molecule has 2 aliphatic rings. The fourth-order valence-electron chi connectivity index (χ4n) is 4.15. The van der Waals surface area contributed by atoms with Crippen LogP contribution >= 0.6 is 0 Å². The van der Waals surface area contributed by atoms with Crippen LogP contribution in [0.3, 0.4) is 0 Å². The molecule has 4 rings (SSSR count). The molecule has 3 heterocycles. The van der Waals surface area contributed by atoms with Gasteiger partial charge in [-0.1, -0.05) is 18.2 Å². The van der Waals surface area contributed by atoms with Gasteiger partial charge in [0.1, 0.15) is 6.10 Å². The van der Waals surface area contributed by atoms with E-state index in [1.54, 1.807) is 0 Å². The first-order valence-electron chi connectivity index (χ1n) is 10.1. The molecule has 1 saturated heterocycles. The van der Waals surface area contributed by atoms with Crippen LogP contribution in [0.25, 0.3) is 0 Å². The van der Waals surface area contributed by atoms with Gasteiger partial charge in [-0.3, -0.25) is 9.67 Å². The van der Waals surface area contributed by atoms with E-state index in [2.05, 4.69) is 56.4 Å². The van der Waals surface area contributed by atoms with E-state index >= 15 is 0 Å². The zero-order valence-corrected chi connectivity index (χ0v) is 17.0. The molecule has 2 atom stereocenters. The van der Waals surface area contributed by atoms with E-state index in [0.717, 1.165) is 44.1 Å². The monoisotopic (exact) mass is 382 g/mol. The normalized spacial score (nSPS) is 21.0. The molecule has 0 radical (unpaired) electrons. The first kappa shape index (κ1) is 18.8. The van der Waals surface area contributed by atoms with Crippen LogP contribution in [0.4, 0.5) is 5.69 Å². The summed E-state index contributed by atoms with van der Waals surface area (Å²) in [4.78, 5) is 9.30. The van der Waals surface area contributed by atoms with Gasteiger partial charge in [0.05, 0.1) is 19.3 Å². The van der Waals surface area contributed by atoms with E-state index in [1.165, 1.54) is 11.3 Å². The number of aryl methyl sites for hydroxylation is 1. The summed E-state index contributed by atoms with van der Waals surface area (Å²) < 4.78 is 7.78. The second kappa shape index (κ2) is 8.22. The molecule has 2 aromatic rings. The van der Waals surface area contributed by atoms with Gasteiger partial charge < -0.3 is 19.9 Å². The molecule has 2 unspecified atom stereocenters. The van der Waals surface area contributed by atoms with Crippen LogP contribution in [-0.4, -0.2) is 66.5 Å². The van der Waals surface area contributed by atoms with Crippen molar-refractivity contribution >= 4 is 11.6 Å². The summed E-state index contributed by atoms with van der Waals surface area (Å²) in [5, 5.41) is 7.85. The maximum atomic E-state index is 5.96. The van der Waals surface area contributed by atoms with Gasteiger partial charge in [0.2, 0.25) is 0 Å². The van der Waals surface area contributed by atoms with Crippen molar-refractivity contribution in [3.8, 4) is 0 Å². The van der Waals surface area contributed by atoms with Crippen molar-refractivity contribution in [3.05, 3.63) is 47.8 Å². The minimum Gasteiger partial charge on any atom is -0.370 e. The van der Waals surface area contributed by atoms with Gasteiger partial charge in [-0.15, -0.1) is 0 Å². The number of aromatic nitrogens is 2. The Morgan fingerprint density at radius 2 is 2.21 bits per heavy atom. The fraction of sp³-hybridized carbons (Fsp3) is 0.524. The zero-order valence-electron chi connectivity index (χ0n) is 17.0. The quantitative estimate of drug-likeness (QED) is 0.646. The number of rotatable bonds is 4. The van der Waals surface area contributed by atoms with E-state index in [-0.39, 0.29) is 6.10 Å². The number of guanidine groups is 1. The number of nitrogens with one attached hydrogen (secondary N) is 1. The topological polar surface area (TPSA) is 57.9 Å². The van der Waals surface area contributed by atoms with Crippen LogP contribution in [0.15, 0.2) is 41.7 Å². The minimum atomic E-state index is 0.0314. The lowest BCUT2D eigenvalue weighted by molar-refractivity contribution is -0.00803. The molecule has 1 aromatic heterocycles. The van der Waals surface area contributed by atoms with Crippen LogP contribution < -0.4 is 10.2 Å². The Hall–Kier alpha value is -2.54. The molecule has 0 spiro atoms. The van der Waals surface area contributed by atoms with E-state index in [0.29, 0.717) is 12.6 Å². The van der Waals surface area contributed by atoms with Gasteiger partial charge in [0.25, 0.3) is 0 Å². The number of hydrogen-bond donors (Lipinski definition) is 1. The molecule has 2 aliphatic heterocycles. The van der Waals surface area contributed by atoms with Crippen LogP contribution in [0.2, 0.25) is 0 Å². The summed E-state index contributed by atoms with van der Waals surface area (Å²) >= 11 is 0. The number of morpholine rings is 1. The van der Waals surface area contributed by atoms with Crippen molar-refractivity contribution in [2.24, 2.45) is 12.0 Å². The second-order valence-corrected chi connectivity index (χ2v) is 7.60.